The number of ether oxygens (including phenoxy) is 1. The molecule has 0 saturated carbocycles. The van der Waals surface area contributed by atoms with Crippen molar-refractivity contribution in [1.82, 2.24) is 5.32 Å². The van der Waals surface area contributed by atoms with Crippen molar-refractivity contribution in [1.29, 1.82) is 0 Å². The summed E-state index contributed by atoms with van der Waals surface area (Å²) in [6.07, 6.45) is 1.66. The molecule has 0 aliphatic heterocycles. The molecular weight excluding hydrogens is 261 g/mol. The Hall–Kier alpha value is -1.03. The number of benzene rings is 1. The predicted molar refractivity (Wildman–Crippen MR) is 69.4 cm³/mol. The minimum Gasteiger partial charge on any atom is -0.468 e. The molecule has 1 unspecified atom stereocenters. The van der Waals surface area contributed by atoms with Crippen molar-refractivity contribution in [2.45, 2.75) is 6.04 Å². The van der Waals surface area contributed by atoms with E-state index in [-0.39, 0.29) is 5.97 Å². The lowest BCUT2D eigenvalue weighted by Crippen LogP contribution is -2.29. The predicted octanol–water partition coefficient (Wildman–Crippen LogP) is 2.98. The molecule has 0 radical (unpaired) electrons. The van der Waals surface area contributed by atoms with Gasteiger partial charge in [0.25, 0.3) is 0 Å². The van der Waals surface area contributed by atoms with E-state index in [0.717, 1.165) is 0 Å². The summed E-state index contributed by atoms with van der Waals surface area (Å²) in [7, 11) is 1.34. The lowest BCUT2D eigenvalue weighted by molar-refractivity contribution is -0.143. The van der Waals surface area contributed by atoms with E-state index in [1.807, 2.05) is 0 Å². The smallest absolute Gasteiger partial charge is 0.327 e. The summed E-state index contributed by atoms with van der Waals surface area (Å²) >= 11 is 11.7. The Morgan fingerprint density at radius 1 is 1.53 bits per heavy atom. The summed E-state index contributed by atoms with van der Waals surface area (Å²) in [6.45, 7) is 4.07. The van der Waals surface area contributed by atoms with Crippen molar-refractivity contribution < 1.29 is 9.53 Å². The van der Waals surface area contributed by atoms with Crippen LogP contribution >= 0.6 is 23.2 Å². The van der Waals surface area contributed by atoms with Crippen LogP contribution in [-0.4, -0.2) is 19.6 Å². The second-order valence-electron chi connectivity index (χ2n) is 3.33. The topological polar surface area (TPSA) is 38.3 Å². The van der Waals surface area contributed by atoms with Crippen LogP contribution in [0.25, 0.3) is 0 Å². The van der Waals surface area contributed by atoms with Gasteiger partial charge in [0.1, 0.15) is 6.04 Å². The summed E-state index contributed by atoms with van der Waals surface area (Å²) in [5.74, 6) is -0.384. The van der Waals surface area contributed by atoms with Crippen molar-refractivity contribution in [2.24, 2.45) is 0 Å². The molecule has 0 aliphatic rings. The van der Waals surface area contributed by atoms with Gasteiger partial charge in [-0.25, -0.2) is 4.79 Å². The molecule has 0 saturated heterocycles. The number of carbonyl (C=O) groups is 1. The number of methoxy groups -OCH3 is 1. The van der Waals surface area contributed by atoms with Crippen molar-refractivity contribution in [3.05, 3.63) is 46.5 Å². The van der Waals surface area contributed by atoms with Crippen LogP contribution in [0.5, 0.6) is 0 Å². The monoisotopic (exact) mass is 273 g/mol. The minimum atomic E-state index is -0.576. The van der Waals surface area contributed by atoms with Crippen LogP contribution in [0.15, 0.2) is 30.9 Å². The zero-order chi connectivity index (χ0) is 12.8. The van der Waals surface area contributed by atoms with E-state index in [2.05, 4.69) is 11.9 Å². The van der Waals surface area contributed by atoms with E-state index in [0.29, 0.717) is 22.2 Å². The van der Waals surface area contributed by atoms with Crippen LogP contribution in [0.2, 0.25) is 10.0 Å². The molecule has 0 fully saturated rings. The second kappa shape index (κ2) is 6.64. The van der Waals surface area contributed by atoms with Crippen LogP contribution in [0.4, 0.5) is 0 Å². The molecular formula is C12H13Cl2NO2. The Morgan fingerprint density at radius 2 is 2.24 bits per heavy atom. The molecule has 17 heavy (non-hydrogen) atoms. The van der Waals surface area contributed by atoms with Gasteiger partial charge in [0.15, 0.2) is 0 Å². The standard InChI is InChI=1S/C12H13Cl2NO2/c1-3-6-15-11(12(16)17-2)8-4-5-9(13)10(14)7-8/h3-5,7,11,15H,1,6H2,2H3. The van der Waals surface area contributed by atoms with Gasteiger partial charge in [-0.15, -0.1) is 6.58 Å². The highest BCUT2D eigenvalue weighted by atomic mass is 35.5. The van der Waals surface area contributed by atoms with Gasteiger partial charge in [-0.1, -0.05) is 35.3 Å². The van der Waals surface area contributed by atoms with Crippen LogP contribution in [0, 0.1) is 0 Å². The lowest BCUT2D eigenvalue weighted by atomic mass is 10.1. The maximum atomic E-state index is 11.6. The average Bonchev–Trinajstić information content (AvgIpc) is 2.33. The minimum absolute atomic E-state index is 0.384. The molecule has 92 valence electrons. The summed E-state index contributed by atoms with van der Waals surface area (Å²) in [6, 6.07) is 4.44. The van der Waals surface area contributed by atoms with Crippen molar-refractivity contribution in [2.75, 3.05) is 13.7 Å². The third-order valence-corrected chi connectivity index (χ3v) is 2.92. The highest BCUT2D eigenvalue weighted by Gasteiger charge is 2.20. The number of esters is 1. The number of hydrogen-bond acceptors (Lipinski definition) is 3. The Balaban J connectivity index is 2.98. The SMILES string of the molecule is C=CCNC(C(=O)OC)c1ccc(Cl)c(Cl)c1. The fourth-order valence-electron chi connectivity index (χ4n) is 1.35. The van der Waals surface area contributed by atoms with Gasteiger partial charge in [-0.05, 0) is 17.7 Å². The quantitative estimate of drug-likeness (QED) is 0.662. The lowest BCUT2D eigenvalue weighted by Gasteiger charge is -2.16. The molecule has 1 atom stereocenters. The third kappa shape index (κ3) is 3.73. The largest absolute Gasteiger partial charge is 0.468 e. The zero-order valence-corrected chi connectivity index (χ0v) is 10.9. The molecule has 1 aromatic carbocycles. The molecule has 3 nitrogen and oxygen atoms in total. The number of carbonyl (C=O) groups excluding carboxylic acids is 1. The maximum Gasteiger partial charge on any atom is 0.327 e. The van der Waals surface area contributed by atoms with Crippen LogP contribution in [0.3, 0.4) is 0 Å². The fraction of sp³-hybridized carbons (Fsp3) is 0.250. The average molecular weight is 274 g/mol. The molecule has 1 N–H and O–H groups in total. The number of rotatable bonds is 5. The summed E-state index contributed by atoms with van der Waals surface area (Å²) in [4.78, 5) is 11.6. The van der Waals surface area contributed by atoms with E-state index < -0.39 is 6.04 Å². The van der Waals surface area contributed by atoms with Gasteiger partial charge in [0.2, 0.25) is 0 Å². The molecule has 0 spiro atoms. The Kier molecular flexibility index (Phi) is 5.48. The summed E-state index contributed by atoms with van der Waals surface area (Å²) in [5, 5.41) is 3.84. The molecule has 0 heterocycles. The van der Waals surface area contributed by atoms with Gasteiger partial charge in [-0.3, -0.25) is 5.32 Å². The number of halogens is 2. The number of nitrogens with one attached hydrogen (secondary N) is 1. The van der Waals surface area contributed by atoms with E-state index in [1.54, 1.807) is 24.3 Å². The van der Waals surface area contributed by atoms with E-state index in [4.69, 9.17) is 27.9 Å². The van der Waals surface area contributed by atoms with Gasteiger partial charge in [-0.2, -0.15) is 0 Å². The first kappa shape index (κ1) is 14.0. The van der Waals surface area contributed by atoms with Crippen LogP contribution < -0.4 is 5.32 Å². The van der Waals surface area contributed by atoms with Crippen molar-refractivity contribution in [3.63, 3.8) is 0 Å². The molecule has 1 aromatic rings. The molecule has 0 amide bonds. The Bertz CT molecular complexity index is 421. The molecule has 5 heteroatoms. The van der Waals surface area contributed by atoms with E-state index in [9.17, 15) is 4.79 Å². The van der Waals surface area contributed by atoms with Crippen LogP contribution in [-0.2, 0) is 9.53 Å². The molecule has 1 rings (SSSR count). The second-order valence-corrected chi connectivity index (χ2v) is 4.14. The highest BCUT2D eigenvalue weighted by Crippen LogP contribution is 2.26. The molecule has 0 aliphatic carbocycles. The van der Waals surface area contributed by atoms with Gasteiger partial charge >= 0.3 is 5.97 Å². The number of hydrogen-bond donors (Lipinski definition) is 1. The van der Waals surface area contributed by atoms with Gasteiger partial charge in [0, 0.05) is 6.54 Å². The van der Waals surface area contributed by atoms with Crippen molar-refractivity contribution >= 4 is 29.2 Å². The summed E-state index contributed by atoms with van der Waals surface area (Å²) < 4.78 is 4.72. The first-order valence-corrected chi connectivity index (χ1v) is 5.72. The first-order valence-electron chi connectivity index (χ1n) is 4.97. The Labute approximate surface area is 110 Å². The summed E-state index contributed by atoms with van der Waals surface area (Å²) in [5.41, 5.74) is 0.702. The van der Waals surface area contributed by atoms with E-state index >= 15 is 0 Å². The zero-order valence-electron chi connectivity index (χ0n) is 9.37. The first-order chi connectivity index (χ1) is 8.10. The van der Waals surface area contributed by atoms with Gasteiger partial charge in [0.05, 0.1) is 17.2 Å². The van der Waals surface area contributed by atoms with Gasteiger partial charge < -0.3 is 4.74 Å². The Morgan fingerprint density at radius 3 is 2.76 bits per heavy atom. The van der Waals surface area contributed by atoms with Crippen molar-refractivity contribution in [3.8, 4) is 0 Å². The third-order valence-electron chi connectivity index (χ3n) is 2.18. The maximum absolute atomic E-state index is 11.6. The molecule has 0 aromatic heterocycles. The van der Waals surface area contributed by atoms with Crippen LogP contribution in [0.1, 0.15) is 11.6 Å². The van der Waals surface area contributed by atoms with E-state index in [1.165, 1.54) is 7.11 Å². The normalized spacial score (nSPS) is 11.9. The highest BCUT2D eigenvalue weighted by molar-refractivity contribution is 6.42. The fourth-order valence-corrected chi connectivity index (χ4v) is 1.65. The molecule has 0 bridgehead atoms.